The molecule has 0 spiro atoms. The van der Waals surface area contributed by atoms with E-state index in [9.17, 15) is 18.5 Å². The van der Waals surface area contributed by atoms with Gasteiger partial charge in [-0.2, -0.15) is 0 Å². The van der Waals surface area contributed by atoms with Gasteiger partial charge in [0.25, 0.3) is 5.69 Å². The molecule has 0 unspecified atom stereocenters. The zero-order valence-corrected chi connectivity index (χ0v) is 11.7. The zero-order chi connectivity index (χ0) is 15.5. The van der Waals surface area contributed by atoms with Gasteiger partial charge in [-0.3, -0.25) is 10.1 Å². The van der Waals surface area contributed by atoms with E-state index in [0.717, 1.165) is 6.07 Å². The van der Waals surface area contributed by atoms with Gasteiger partial charge in [0, 0.05) is 31.5 Å². The first kappa shape index (κ1) is 14.9. The van der Waals surface area contributed by atoms with Crippen molar-refractivity contribution in [1.29, 1.82) is 0 Å². The molecule has 0 saturated carbocycles. The average molecular weight is 311 g/mol. The summed E-state index contributed by atoms with van der Waals surface area (Å²) in [5, 5.41) is 10.8. The Bertz CT molecular complexity index is 742. The molecule has 0 aliphatic carbocycles. The van der Waals surface area contributed by atoms with Crippen molar-refractivity contribution >= 4 is 21.4 Å². The van der Waals surface area contributed by atoms with Crippen LogP contribution in [0.2, 0.25) is 0 Å². The summed E-state index contributed by atoms with van der Waals surface area (Å²) in [7, 11) is -3.83. The van der Waals surface area contributed by atoms with Gasteiger partial charge in [0.2, 0.25) is 10.0 Å². The fraction of sp³-hybridized carbons (Fsp3) is 0.182. The third-order valence-electron chi connectivity index (χ3n) is 2.73. The Morgan fingerprint density at radius 2 is 2.19 bits per heavy atom. The molecular formula is C11H13N5O4S. The van der Waals surface area contributed by atoms with Crippen LogP contribution in [0.5, 0.6) is 0 Å². The molecule has 2 aromatic rings. The number of nitrogens with zero attached hydrogens (tertiary/aromatic N) is 3. The van der Waals surface area contributed by atoms with E-state index in [1.807, 2.05) is 0 Å². The van der Waals surface area contributed by atoms with E-state index in [4.69, 9.17) is 5.73 Å². The molecule has 9 nitrogen and oxygen atoms in total. The number of hydrogen-bond acceptors (Lipinski definition) is 6. The standard InChI is InChI=1S/C11H13N5O4S/c12-10-2-1-9(7-11(10)16(17)18)21(19,20)14-4-6-15-5-3-13-8-15/h1-3,5,7-8,14H,4,6,12H2. The van der Waals surface area contributed by atoms with E-state index >= 15 is 0 Å². The van der Waals surface area contributed by atoms with E-state index in [0.29, 0.717) is 6.54 Å². The smallest absolute Gasteiger partial charge is 0.293 e. The van der Waals surface area contributed by atoms with Crippen molar-refractivity contribution in [2.75, 3.05) is 12.3 Å². The lowest BCUT2D eigenvalue weighted by atomic mass is 10.3. The molecule has 0 aliphatic heterocycles. The van der Waals surface area contributed by atoms with Crippen LogP contribution in [0.1, 0.15) is 0 Å². The fourth-order valence-electron chi connectivity index (χ4n) is 1.66. The highest BCUT2D eigenvalue weighted by molar-refractivity contribution is 7.89. The molecule has 0 amide bonds. The summed E-state index contributed by atoms with van der Waals surface area (Å²) in [6, 6.07) is 3.36. The van der Waals surface area contributed by atoms with Crippen LogP contribution in [-0.2, 0) is 16.6 Å². The van der Waals surface area contributed by atoms with Crippen molar-refractivity contribution in [3.05, 3.63) is 47.0 Å². The lowest BCUT2D eigenvalue weighted by molar-refractivity contribution is -0.384. The Kier molecular flexibility index (Phi) is 4.19. The second-order valence-electron chi connectivity index (χ2n) is 4.18. The van der Waals surface area contributed by atoms with E-state index in [-0.39, 0.29) is 17.1 Å². The van der Waals surface area contributed by atoms with Gasteiger partial charge in [0.15, 0.2) is 0 Å². The van der Waals surface area contributed by atoms with Gasteiger partial charge in [0.1, 0.15) is 5.69 Å². The Morgan fingerprint density at radius 1 is 1.43 bits per heavy atom. The van der Waals surface area contributed by atoms with E-state index < -0.39 is 20.6 Å². The van der Waals surface area contributed by atoms with Crippen molar-refractivity contribution in [3.8, 4) is 0 Å². The van der Waals surface area contributed by atoms with Gasteiger partial charge in [-0.15, -0.1) is 0 Å². The monoisotopic (exact) mass is 311 g/mol. The molecule has 112 valence electrons. The molecule has 0 atom stereocenters. The molecule has 0 aliphatic rings. The van der Waals surface area contributed by atoms with Crippen molar-refractivity contribution in [3.63, 3.8) is 0 Å². The average Bonchev–Trinajstić information content (AvgIpc) is 2.91. The van der Waals surface area contributed by atoms with E-state index in [2.05, 4.69) is 9.71 Å². The Balaban J connectivity index is 2.12. The van der Waals surface area contributed by atoms with Gasteiger partial charge in [-0.25, -0.2) is 18.1 Å². The molecule has 21 heavy (non-hydrogen) atoms. The highest BCUT2D eigenvalue weighted by Crippen LogP contribution is 2.24. The summed E-state index contributed by atoms with van der Waals surface area (Å²) in [6.45, 7) is 0.535. The summed E-state index contributed by atoms with van der Waals surface area (Å²) in [5.41, 5.74) is 4.91. The summed E-state index contributed by atoms with van der Waals surface area (Å²) in [5.74, 6) is 0. The van der Waals surface area contributed by atoms with Crippen LogP contribution in [0.15, 0.2) is 41.8 Å². The number of imidazole rings is 1. The van der Waals surface area contributed by atoms with Crippen LogP contribution in [0.25, 0.3) is 0 Å². The number of rotatable bonds is 6. The van der Waals surface area contributed by atoms with Gasteiger partial charge in [-0.05, 0) is 12.1 Å². The van der Waals surface area contributed by atoms with Crippen LogP contribution in [-0.4, -0.2) is 29.4 Å². The molecule has 0 saturated heterocycles. The number of nitro groups is 1. The summed E-state index contributed by atoms with van der Waals surface area (Å²) in [4.78, 5) is 13.7. The highest BCUT2D eigenvalue weighted by atomic mass is 32.2. The predicted octanol–water partition coefficient (Wildman–Crippen LogP) is 0.352. The van der Waals surface area contributed by atoms with Gasteiger partial charge in [0.05, 0.1) is 16.1 Å². The Morgan fingerprint density at radius 3 is 2.81 bits per heavy atom. The minimum absolute atomic E-state index is 0.0858. The molecular weight excluding hydrogens is 298 g/mol. The fourth-order valence-corrected chi connectivity index (χ4v) is 2.70. The van der Waals surface area contributed by atoms with Crippen molar-refractivity contribution in [2.45, 2.75) is 11.4 Å². The maximum atomic E-state index is 12.0. The molecule has 1 aromatic carbocycles. The second-order valence-corrected chi connectivity index (χ2v) is 5.94. The number of hydrogen-bond donors (Lipinski definition) is 2. The first-order chi connectivity index (χ1) is 9.90. The highest BCUT2D eigenvalue weighted by Gasteiger charge is 2.19. The third-order valence-corrected chi connectivity index (χ3v) is 4.19. The maximum absolute atomic E-state index is 12.0. The van der Waals surface area contributed by atoms with Gasteiger partial charge in [-0.1, -0.05) is 0 Å². The SMILES string of the molecule is Nc1ccc(S(=O)(=O)NCCn2ccnc2)cc1[N+](=O)[O-]. The Hall–Kier alpha value is -2.46. The largest absolute Gasteiger partial charge is 0.393 e. The van der Waals surface area contributed by atoms with E-state index in [1.54, 1.807) is 23.3 Å². The first-order valence-corrected chi connectivity index (χ1v) is 7.38. The summed E-state index contributed by atoms with van der Waals surface area (Å²) < 4.78 is 28.2. The molecule has 1 aromatic heterocycles. The van der Waals surface area contributed by atoms with Crippen LogP contribution in [0.4, 0.5) is 11.4 Å². The second kappa shape index (κ2) is 5.89. The number of aromatic nitrogens is 2. The summed E-state index contributed by atoms with van der Waals surface area (Å²) >= 11 is 0. The molecule has 1 heterocycles. The van der Waals surface area contributed by atoms with Crippen molar-refractivity contribution < 1.29 is 13.3 Å². The molecule has 0 fully saturated rings. The number of benzene rings is 1. The normalized spacial score (nSPS) is 11.4. The van der Waals surface area contributed by atoms with Crippen LogP contribution < -0.4 is 10.5 Å². The molecule has 10 heteroatoms. The minimum atomic E-state index is -3.83. The number of nitrogens with two attached hydrogens (primary N) is 1. The molecule has 2 rings (SSSR count). The van der Waals surface area contributed by atoms with Gasteiger partial charge < -0.3 is 10.3 Å². The first-order valence-electron chi connectivity index (χ1n) is 5.89. The van der Waals surface area contributed by atoms with Gasteiger partial charge >= 0.3 is 0 Å². The minimum Gasteiger partial charge on any atom is -0.393 e. The molecule has 0 bridgehead atoms. The Labute approximate surface area is 120 Å². The topological polar surface area (TPSA) is 133 Å². The quantitative estimate of drug-likeness (QED) is 0.449. The van der Waals surface area contributed by atoms with E-state index in [1.165, 1.54) is 12.1 Å². The third kappa shape index (κ3) is 3.55. The van der Waals surface area contributed by atoms with Crippen molar-refractivity contribution in [2.24, 2.45) is 0 Å². The lowest BCUT2D eigenvalue weighted by Gasteiger charge is -2.07. The number of nitrogens with one attached hydrogen (secondary N) is 1. The number of sulfonamides is 1. The number of anilines is 1. The van der Waals surface area contributed by atoms with Crippen molar-refractivity contribution in [1.82, 2.24) is 14.3 Å². The number of nitro benzene ring substituents is 1. The van der Waals surface area contributed by atoms with Crippen LogP contribution in [0.3, 0.4) is 0 Å². The van der Waals surface area contributed by atoms with Crippen LogP contribution in [0, 0.1) is 10.1 Å². The summed E-state index contributed by atoms with van der Waals surface area (Å²) in [6.07, 6.45) is 4.84. The zero-order valence-electron chi connectivity index (χ0n) is 10.8. The number of nitrogen functional groups attached to an aromatic ring is 1. The van der Waals surface area contributed by atoms with Crippen LogP contribution >= 0.6 is 0 Å². The molecule has 3 N–H and O–H groups in total. The maximum Gasteiger partial charge on any atom is 0.293 e. The molecule has 0 radical (unpaired) electrons. The predicted molar refractivity (Wildman–Crippen MR) is 74.9 cm³/mol. The lowest BCUT2D eigenvalue weighted by Crippen LogP contribution is -2.27.